The Bertz CT molecular complexity index is 1250. The van der Waals surface area contributed by atoms with Crippen LogP contribution in [-0.4, -0.2) is 43.0 Å². The van der Waals surface area contributed by atoms with Gasteiger partial charge in [-0.25, -0.2) is 8.42 Å². The molecule has 10 atom stereocenters. The normalized spacial score (nSPS) is 40.0. The lowest BCUT2D eigenvalue weighted by atomic mass is 9.43. The van der Waals surface area contributed by atoms with Gasteiger partial charge < -0.3 is 15.5 Å². The van der Waals surface area contributed by atoms with Crippen LogP contribution in [0, 0.1) is 60.2 Å². The van der Waals surface area contributed by atoms with Gasteiger partial charge in [0.25, 0.3) is 0 Å². The zero-order chi connectivity index (χ0) is 29.2. The monoisotopic (exact) mass is 573 g/mol. The summed E-state index contributed by atoms with van der Waals surface area (Å²) in [6.07, 6.45) is 10.3. The summed E-state index contributed by atoms with van der Waals surface area (Å²) >= 11 is 0. The lowest BCUT2D eigenvalue weighted by Crippen LogP contribution is -2.58. The maximum atomic E-state index is 13.0. The van der Waals surface area contributed by atoms with E-state index in [1.807, 2.05) is 0 Å². The molecule has 1 aromatic rings. The molecule has 0 radical (unpaired) electrons. The highest BCUT2D eigenvalue weighted by Gasteiger charge is 2.62. The Kier molecular flexibility index (Phi) is 8.02. The predicted octanol–water partition coefficient (Wildman–Crippen LogP) is 6.05. The van der Waals surface area contributed by atoms with Gasteiger partial charge in [0.05, 0.1) is 17.1 Å². The fourth-order valence-corrected chi connectivity index (χ4v) is 11.8. The molecule has 4 aliphatic rings. The maximum absolute atomic E-state index is 13.0. The summed E-state index contributed by atoms with van der Waals surface area (Å²) < 4.78 is 24.6. The van der Waals surface area contributed by atoms with Gasteiger partial charge in [-0.2, -0.15) is 0 Å². The molecule has 1 amide bonds. The van der Waals surface area contributed by atoms with Crippen molar-refractivity contribution < 1.29 is 23.4 Å². The summed E-state index contributed by atoms with van der Waals surface area (Å²) in [4.78, 5) is 13.3. The Hall–Kier alpha value is -1.44. The summed E-state index contributed by atoms with van der Waals surface area (Å²) in [5.41, 5.74) is 2.29. The molecule has 7 heteroatoms. The SMILES string of the molecule is Cc1ccc(NC(=O)CCC(C)[C@H]2CCC3C4C(CC[C@@]32C)[C@@]2(C)CC[C@@H](O)CC2C[C@H]4O)c(C)c1S(C)(=O)=O. The van der Waals surface area contributed by atoms with Crippen molar-refractivity contribution in [2.45, 2.75) is 116 Å². The molecule has 0 saturated heterocycles. The first kappa shape index (κ1) is 30.0. The summed E-state index contributed by atoms with van der Waals surface area (Å²) in [7, 11) is -3.38. The largest absolute Gasteiger partial charge is 0.393 e. The quantitative estimate of drug-likeness (QED) is 0.384. The zero-order valence-corrected chi connectivity index (χ0v) is 26.2. The minimum Gasteiger partial charge on any atom is -0.393 e. The number of rotatable bonds is 6. The number of sulfone groups is 1. The van der Waals surface area contributed by atoms with Crippen LogP contribution in [0.15, 0.2) is 17.0 Å². The van der Waals surface area contributed by atoms with Gasteiger partial charge in [-0.1, -0.05) is 26.8 Å². The minimum absolute atomic E-state index is 0.0668. The molecule has 0 aromatic heterocycles. The smallest absolute Gasteiger partial charge is 0.224 e. The van der Waals surface area contributed by atoms with E-state index < -0.39 is 9.84 Å². The van der Waals surface area contributed by atoms with E-state index in [9.17, 15) is 23.4 Å². The van der Waals surface area contributed by atoms with E-state index in [1.165, 1.54) is 12.7 Å². The third kappa shape index (κ3) is 5.06. The van der Waals surface area contributed by atoms with E-state index in [0.717, 1.165) is 51.4 Å². The Morgan fingerprint density at radius 1 is 1.02 bits per heavy atom. The number of carbonyl (C=O) groups excluding carboxylic acids is 1. The fourth-order valence-electron chi connectivity index (χ4n) is 10.5. The van der Waals surface area contributed by atoms with E-state index in [2.05, 4.69) is 26.1 Å². The molecule has 4 aliphatic carbocycles. The first-order valence-corrected chi connectivity index (χ1v) is 17.5. The second-order valence-corrected chi connectivity index (χ2v) is 16.6. The Labute approximate surface area is 241 Å². The lowest BCUT2D eigenvalue weighted by Gasteiger charge is -2.62. The zero-order valence-electron chi connectivity index (χ0n) is 25.4. The van der Waals surface area contributed by atoms with E-state index >= 15 is 0 Å². The summed E-state index contributed by atoms with van der Waals surface area (Å²) in [5.74, 6) is 2.72. The molecule has 5 unspecified atom stereocenters. The van der Waals surface area contributed by atoms with Gasteiger partial charge in [-0.15, -0.1) is 0 Å². The van der Waals surface area contributed by atoms with Crippen molar-refractivity contribution in [3.8, 4) is 0 Å². The van der Waals surface area contributed by atoms with Crippen LogP contribution in [0.5, 0.6) is 0 Å². The van der Waals surface area contributed by atoms with Gasteiger partial charge >= 0.3 is 0 Å². The number of anilines is 1. The second-order valence-electron chi connectivity index (χ2n) is 14.7. The van der Waals surface area contributed by atoms with Crippen molar-refractivity contribution in [3.05, 3.63) is 23.3 Å². The van der Waals surface area contributed by atoms with Crippen molar-refractivity contribution >= 4 is 21.4 Å². The average molecular weight is 574 g/mol. The Morgan fingerprint density at radius 3 is 2.40 bits per heavy atom. The number of hydrogen-bond acceptors (Lipinski definition) is 5. The van der Waals surface area contributed by atoms with Crippen LogP contribution in [0.2, 0.25) is 0 Å². The number of aliphatic hydroxyl groups excluding tert-OH is 2. The van der Waals surface area contributed by atoms with Crippen molar-refractivity contribution in [1.29, 1.82) is 0 Å². The number of benzene rings is 1. The second kappa shape index (κ2) is 10.7. The van der Waals surface area contributed by atoms with Gasteiger partial charge in [-0.05, 0) is 135 Å². The number of hydrogen-bond donors (Lipinski definition) is 3. The molecule has 3 N–H and O–H groups in total. The van der Waals surface area contributed by atoms with Crippen molar-refractivity contribution in [2.24, 2.45) is 46.3 Å². The van der Waals surface area contributed by atoms with Gasteiger partial charge in [-0.3, -0.25) is 4.79 Å². The first-order chi connectivity index (χ1) is 18.7. The lowest BCUT2D eigenvalue weighted by molar-refractivity contribution is -0.174. The number of amides is 1. The number of aliphatic hydroxyl groups is 2. The van der Waals surface area contributed by atoms with Crippen LogP contribution in [0.25, 0.3) is 0 Å². The molecule has 5 rings (SSSR count). The third-order valence-corrected chi connectivity index (χ3v) is 13.9. The molecule has 0 spiro atoms. The number of nitrogens with one attached hydrogen (secondary N) is 1. The average Bonchev–Trinajstić information content (AvgIpc) is 3.22. The fraction of sp³-hybridized carbons (Fsp3) is 0.788. The number of aryl methyl sites for hydroxylation is 1. The predicted molar refractivity (Wildman–Crippen MR) is 159 cm³/mol. The van der Waals surface area contributed by atoms with Crippen molar-refractivity contribution in [3.63, 3.8) is 0 Å². The Balaban J connectivity index is 1.24. The van der Waals surface area contributed by atoms with E-state index in [1.54, 1.807) is 26.0 Å². The maximum Gasteiger partial charge on any atom is 0.224 e. The summed E-state index contributed by atoms with van der Waals surface area (Å²) in [6.45, 7) is 10.8. The standard InChI is InChI=1S/C33H51NO5S/c1-19(8-12-29(37)34-27-11-7-20(2)31(21(27)3)40(6,38)39)24-9-10-25-30-26(14-16-33(24,25)5)32(4)15-13-23(35)17-22(32)18-28(30)36/h7,11,19,22-26,28,30,35-36H,8-10,12-18H2,1-6H3,(H,34,37)/t19?,22?,23-,24-,25?,26?,28-,30?,32+,33-/m1/s1. The van der Waals surface area contributed by atoms with Crippen LogP contribution in [0.3, 0.4) is 0 Å². The first-order valence-electron chi connectivity index (χ1n) is 15.6. The minimum atomic E-state index is -3.38. The van der Waals surface area contributed by atoms with Crippen LogP contribution in [0.4, 0.5) is 5.69 Å². The summed E-state index contributed by atoms with van der Waals surface area (Å²) in [6, 6.07) is 3.56. The van der Waals surface area contributed by atoms with Crippen LogP contribution < -0.4 is 5.32 Å². The highest BCUT2D eigenvalue weighted by Crippen LogP contribution is 2.68. The van der Waals surface area contributed by atoms with E-state index in [-0.39, 0.29) is 28.9 Å². The molecule has 40 heavy (non-hydrogen) atoms. The van der Waals surface area contributed by atoms with Crippen molar-refractivity contribution in [2.75, 3.05) is 11.6 Å². The van der Waals surface area contributed by atoms with Gasteiger partial charge in [0.2, 0.25) is 5.91 Å². The highest BCUT2D eigenvalue weighted by atomic mass is 32.2. The third-order valence-electron chi connectivity index (χ3n) is 12.5. The van der Waals surface area contributed by atoms with Gasteiger partial charge in [0.1, 0.15) is 0 Å². The molecule has 0 bridgehead atoms. The van der Waals surface area contributed by atoms with Crippen molar-refractivity contribution in [1.82, 2.24) is 0 Å². The van der Waals surface area contributed by atoms with E-state index in [4.69, 9.17) is 0 Å². The van der Waals surface area contributed by atoms with Crippen LogP contribution >= 0.6 is 0 Å². The highest BCUT2D eigenvalue weighted by molar-refractivity contribution is 7.90. The summed E-state index contributed by atoms with van der Waals surface area (Å²) in [5, 5.41) is 24.8. The van der Waals surface area contributed by atoms with Crippen LogP contribution in [-0.2, 0) is 14.6 Å². The topological polar surface area (TPSA) is 104 Å². The number of carbonyl (C=O) groups is 1. The van der Waals surface area contributed by atoms with E-state index in [0.29, 0.717) is 63.6 Å². The number of fused-ring (bicyclic) bond motifs is 5. The molecular formula is C33H51NO5S. The molecular weight excluding hydrogens is 522 g/mol. The molecule has 0 aliphatic heterocycles. The molecule has 224 valence electrons. The van der Waals surface area contributed by atoms with Gasteiger partial charge in [0.15, 0.2) is 9.84 Å². The molecule has 0 heterocycles. The molecule has 4 fully saturated rings. The van der Waals surface area contributed by atoms with Gasteiger partial charge in [0, 0.05) is 18.4 Å². The van der Waals surface area contributed by atoms with Crippen LogP contribution in [0.1, 0.15) is 96.1 Å². The molecule has 1 aromatic carbocycles. The Morgan fingerprint density at radius 2 is 1.70 bits per heavy atom. The molecule has 4 saturated carbocycles. The molecule has 6 nitrogen and oxygen atoms in total.